The number of carboxylic acids is 1. The molecule has 1 saturated heterocycles. The van der Waals surface area contributed by atoms with Crippen molar-refractivity contribution in [2.45, 2.75) is 37.9 Å². The Labute approximate surface area is 117 Å². The van der Waals surface area contributed by atoms with Crippen molar-refractivity contribution in [3.8, 4) is 0 Å². The minimum absolute atomic E-state index is 0.0622. The summed E-state index contributed by atoms with van der Waals surface area (Å²) in [5, 5.41) is 10.1. The van der Waals surface area contributed by atoms with Crippen molar-refractivity contribution < 1.29 is 14.6 Å². The maximum absolute atomic E-state index is 11.5. The summed E-state index contributed by atoms with van der Waals surface area (Å²) in [6.45, 7) is 3.98. The van der Waals surface area contributed by atoms with Gasteiger partial charge in [-0.1, -0.05) is 23.7 Å². The number of fused-ring (bicyclic) bond motifs is 1. The molecule has 2 aliphatic rings. The van der Waals surface area contributed by atoms with Crippen LogP contribution >= 0.6 is 11.6 Å². The molecule has 1 aromatic rings. The molecular weight excluding hydrogens is 264 g/mol. The molecule has 2 fully saturated rings. The van der Waals surface area contributed by atoms with Gasteiger partial charge in [-0.2, -0.15) is 0 Å². The van der Waals surface area contributed by atoms with E-state index in [0.717, 1.165) is 12.0 Å². The number of carboxylic acid groups (broad SMARTS) is 1. The van der Waals surface area contributed by atoms with E-state index in [4.69, 9.17) is 16.3 Å². The summed E-state index contributed by atoms with van der Waals surface area (Å²) < 4.78 is 5.85. The molecule has 0 aromatic heterocycles. The molecule has 1 aliphatic carbocycles. The predicted octanol–water partition coefficient (Wildman–Crippen LogP) is 3.32. The topological polar surface area (TPSA) is 46.5 Å². The Morgan fingerprint density at radius 1 is 1.37 bits per heavy atom. The highest BCUT2D eigenvalue weighted by molar-refractivity contribution is 6.30. The van der Waals surface area contributed by atoms with Gasteiger partial charge in [0, 0.05) is 10.9 Å². The fourth-order valence-electron chi connectivity index (χ4n) is 3.43. The average molecular weight is 281 g/mol. The molecule has 0 radical (unpaired) electrons. The molecule has 0 spiro atoms. The van der Waals surface area contributed by atoms with Crippen LogP contribution in [-0.2, 0) is 9.53 Å². The number of benzene rings is 1. The quantitative estimate of drug-likeness (QED) is 0.904. The molecule has 1 aromatic carbocycles. The van der Waals surface area contributed by atoms with Gasteiger partial charge < -0.3 is 9.84 Å². The van der Waals surface area contributed by atoms with Crippen LogP contribution in [0.15, 0.2) is 24.3 Å². The lowest BCUT2D eigenvalue weighted by Crippen LogP contribution is -2.46. The molecule has 1 aliphatic heterocycles. The van der Waals surface area contributed by atoms with Crippen LogP contribution in [0.1, 0.15) is 31.7 Å². The van der Waals surface area contributed by atoms with Gasteiger partial charge in [-0.05, 0) is 49.8 Å². The molecule has 1 N–H and O–H groups in total. The van der Waals surface area contributed by atoms with E-state index in [-0.39, 0.29) is 11.5 Å². The van der Waals surface area contributed by atoms with Gasteiger partial charge in [0.1, 0.15) is 0 Å². The SMILES string of the molecule is CC1(C)O[C@H](C(=O)O)C(c2ccc(Cl)cc2)C2CC21. The second-order valence-electron chi connectivity index (χ2n) is 6.06. The zero-order valence-electron chi connectivity index (χ0n) is 11.0. The average Bonchev–Trinajstić information content (AvgIpc) is 3.11. The van der Waals surface area contributed by atoms with E-state index in [9.17, 15) is 9.90 Å². The molecule has 0 bridgehead atoms. The van der Waals surface area contributed by atoms with E-state index in [1.54, 1.807) is 0 Å². The van der Waals surface area contributed by atoms with E-state index < -0.39 is 12.1 Å². The maximum Gasteiger partial charge on any atom is 0.333 e. The van der Waals surface area contributed by atoms with Crippen LogP contribution in [0.25, 0.3) is 0 Å². The van der Waals surface area contributed by atoms with Crippen LogP contribution in [0.2, 0.25) is 5.02 Å². The highest BCUT2D eigenvalue weighted by atomic mass is 35.5. The van der Waals surface area contributed by atoms with Gasteiger partial charge in [0.05, 0.1) is 5.60 Å². The Kier molecular flexibility index (Phi) is 2.88. The number of rotatable bonds is 2. The molecule has 3 nitrogen and oxygen atoms in total. The summed E-state index contributed by atoms with van der Waals surface area (Å²) >= 11 is 5.89. The monoisotopic (exact) mass is 280 g/mol. The van der Waals surface area contributed by atoms with Gasteiger partial charge in [-0.25, -0.2) is 4.79 Å². The van der Waals surface area contributed by atoms with Gasteiger partial charge in [0.2, 0.25) is 0 Å². The van der Waals surface area contributed by atoms with Gasteiger partial charge in [0.25, 0.3) is 0 Å². The van der Waals surface area contributed by atoms with E-state index in [1.807, 2.05) is 38.1 Å². The first kappa shape index (κ1) is 12.9. The van der Waals surface area contributed by atoms with Gasteiger partial charge in [-0.3, -0.25) is 0 Å². The zero-order chi connectivity index (χ0) is 13.8. The van der Waals surface area contributed by atoms with Crippen molar-refractivity contribution in [1.29, 1.82) is 0 Å². The van der Waals surface area contributed by atoms with Crippen molar-refractivity contribution in [2.24, 2.45) is 11.8 Å². The molecule has 4 heteroatoms. The first-order valence-corrected chi connectivity index (χ1v) is 6.94. The molecule has 3 unspecified atom stereocenters. The third-order valence-electron chi connectivity index (χ3n) is 4.45. The Morgan fingerprint density at radius 3 is 2.58 bits per heavy atom. The second kappa shape index (κ2) is 4.22. The molecular formula is C15H17ClO3. The lowest BCUT2D eigenvalue weighted by Gasteiger charge is -2.39. The standard InChI is InChI=1S/C15H17ClO3/c1-15(2)11-7-10(11)12(13(19-15)14(17)18)8-3-5-9(16)6-4-8/h3-6,10-13H,7H2,1-2H3,(H,17,18)/t10?,11?,12?,13-/m0/s1. The van der Waals surface area contributed by atoms with Crippen LogP contribution in [0.5, 0.6) is 0 Å². The van der Waals surface area contributed by atoms with Crippen LogP contribution in [0.3, 0.4) is 0 Å². The van der Waals surface area contributed by atoms with Crippen molar-refractivity contribution in [2.75, 3.05) is 0 Å². The number of halogens is 1. The summed E-state index contributed by atoms with van der Waals surface area (Å²) in [5.74, 6) is -0.0685. The van der Waals surface area contributed by atoms with Crippen LogP contribution < -0.4 is 0 Å². The maximum atomic E-state index is 11.5. The molecule has 4 atom stereocenters. The van der Waals surface area contributed by atoms with E-state index in [0.29, 0.717) is 16.9 Å². The molecule has 102 valence electrons. The van der Waals surface area contributed by atoms with E-state index in [2.05, 4.69) is 0 Å². The highest BCUT2D eigenvalue weighted by Crippen LogP contribution is 2.60. The van der Waals surface area contributed by atoms with Gasteiger partial charge in [-0.15, -0.1) is 0 Å². The Bertz CT molecular complexity index is 509. The second-order valence-corrected chi connectivity index (χ2v) is 6.50. The number of carbonyl (C=O) groups is 1. The minimum atomic E-state index is -0.877. The van der Waals surface area contributed by atoms with E-state index in [1.165, 1.54) is 0 Å². The van der Waals surface area contributed by atoms with Crippen molar-refractivity contribution >= 4 is 17.6 Å². The molecule has 19 heavy (non-hydrogen) atoms. The lowest BCUT2D eigenvalue weighted by atomic mass is 9.82. The van der Waals surface area contributed by atoms with E-state index >= 15 is 0 Å². The van der Waals surface area contributed by atoms with Gasteiger partial charge in [0.15, 0.2) is 6.10 Å². The normalized spacial score (nSPS) is 35.5. The van der Waals surface area contributed by atoms with Crippen LogP contribution in [0, 0.1) is 11.8 Å². The highest BCUT2D eigenvalue weighted by Gasteiger charge is 2.60. The molecule has 3 rings (SSSR count). The fourth-order valence-corrected chi connectivity index (χ4v) is 3.56. The predicted molar refractivity (Wildman–Crippen MR) is 72.4 cm³/mol. The minimum Gasteiger partial charge on any atom is -0.479 e. The summed E-state index contributed by atoms with van der Waals surface area (Å²) in [4.78, 5) is 11.5. The molecule has 0 amide bonds. The summed E-state index contributed by atoms with van der Waals surface area (Å²) in [6.07, 6.45) is 0.282. The lowest BCUT2D eigenvalue weighted by molar-refractivity contribution is -0.175. The number of ether oxygens (including phenoxy) is 1. The van der Waals surface area contributed by atoms with Crippen LogP contribution in [0.4, 0.5) is 0 Å². The number of aliphatic carboxylic acids is 1. The van der Waals surface area contributed by atoms with Crippen molar-refractivity contribution in [3.05, 3.63) is 34.9 Å². The zero-order valence-corrected chi connectivity index (χ0v) is 11.7. The van der Waals surface area contributed by atoms with Crippen molar-refractivity contribution in [3.63, 3.8) is 0 Å². The summed E-state index contributed by atoms with van der Waals surface area (Å²) in [7, 11) is 0. The third kappa shape index (κ3) is 2.15. The number of hydrogen-bond acceptors (Lipinski definition) is 2. The first-order chi connectivity index (χ1) is 8.90. The Morgan fingerprint density at radius 2 is 2.00 bits per heavy atom. The summed E-state index contributed by atoms with van der Waals surface area (Å²) in [5.41, 5.74) is 0.677. The smallest absolute Gasteiger partial charge is 0.333 e. The number of hydrogen-bond donors (Lipinski definition) is 1. The molecule has 1 saturated carbocycles. The fraction of sp³-hybridized carbons (Fsp3) is 0.533. The third-order valence-corrected chi connectivity index (χ3v) is 4.70. The Hall–Kier alpha value is -1.06. The van der Waals surface area contributed by atoms with Gasteiger partial charge >= 0.3 is 5.97 Å². The summed E-state index contributed by atoms with van der Waals surface area (Å²) in [6, 6.07) is 7.46. The van der Waals surface area contributed by atoms with Crippen LogP contribution in [-0.4, -0.2) is 22.8 Å². The first-order valence-electron chi connectivity index (χ1n) is 6.56. The molecule has 1 heterocycles. The van der Waals surface area contributed by atoms with Crippen molar-refractivity contribution in [1.82, 2.24) is 0 Å². The largest absolute Gasteiger partial charge is 0.479 e. The Balaban J connectivity index is 1.95.